The van der Waals surface area contributed by atoms with E-state index in [0.717, 1.165) is 7.11 Å². The largest absolute Gasteiger partial charge is 0.466 e. The topological polar surface area (TPSA) is 130 Å². The molecular formula is C16H21NO9. The van der Waals surface area contributed by atoms with Crippen molar-refractivity contribution in [2.24, 2.45) is 0 Å². The van der Waals surface area contributed by atoms with Crippen LogP contribution in [-0.2, 0) is 40.1 Å². The Hall–Kier alpha value is -2.69. The van der Waals surface area contributed by atoms with E-state index >= 15 is 0 Å². The zero-order valence-electron chi connectivity index (χ0n) is 14.4. The number of rotatable bonds is 11. The predicted octanol–water partition coefficient (Wildman–Crippen LogP) is -0.663. The Bertz CT molecular complexity index is 588. The van der Waals surface area contributed by atoms with Crippen molar-refractivity contribution in [2.75, 3.05) is 34.2 Å². The molecule has 1 aromatic rings. The Balaban J connectivity index is 2.70. The van der Waals surface area contributed by atoms with Gasteiger partial charge in [0.2, 0.25) is 12.7 Å². The van der Waals surface area contributed by atoms with Crippen LogP contribution >= 0.6 is 0 Å². The van der Waals surface area contributed by atoms with Gasteiger partial charge in [-0.2, -0.15) is 4.89 Å². The van der Waals surface area contributed by atoms with Crippen LogP contribution in [0.4, 0.5) is 0 Å². The van der Waals surface area contributed by atoms with Crippen LogP contribution in [-0.4, -0.2) is 63.2 Å². The Labute approximate surface area is 149 Å². The van der Waals surface area contributed by atoms with E-state index in [4.69, 9.17) is 14.6 Å². The molecule has 0 spiro atoms. The van der Waals surface area contributed by atoms with E-state index in [1.165, 1.54) is 7.11 Å². The molecule has 0 aliphatic carbocycles. The zero-order chi connectivity index (χ0) is 19.4. The van der Waals surface area contributed by atoms with Crippen LogP contribution in [0.5, 0.6) is 5.75 Å². The molecule has 0 fully saturated rings. The molecule has 26 heavy (non-hydrogen) atoms. The van der Waals surface area contributed by atoms with Crippen molar-refractivity contribution in [3.63, 3.8) is 0 Å². The average molecular weight is 371 g/mol. The fourth-order valence-corrected chi connectivity index (χ4v) is 1.82. The number of hydrogen-bond donors (Lipinski definition) is 2. The van der Waals surface area contributed by atoms with E-state index in [0.29, 0.717) is 11.3 Å². The summed E-state index contributed by atoms with van der Waals surface area (Å²) in [7, 11) is 2.51. The molecule has 1 amide bonds. The number of benzene rings is 1. The average Bonchev–Trinajstić information content (AvgIpc) is 2.66. The Morgan fingerprint density at radius 3 is 2.42 bits per heavy atom. The van der Waals surface area contributed by atoms with Crippen molar-refractivity contribution in [3.8, 4) is 5.75 Å². The van der Waals surface area contributed by atoms with Crippen LogP contribution in [0.3, 0.4) is 0 Å². The van der Waals surface area contributed by atoms with Gasteiger partial charge in [0.1, 0.15) is 18.4 Å². The van der Waals surface area contributed by atoms with Gasteiger partial charge in [-0.25, -0.2) is 14.5 Å². The highest BCUT2D eigenvalue weighted by atomic mass is 17.2. The molecule has 1 atom stereocenters. The second kappa shape index (κ2) is 11.8. The van der Waals surface area contributed by atoms with E-state index in [1.54, 1.807) is 24.3 Å². The number of hydrogen-bond acceptors (Lipinski definition) is 9. The van der Waals surface area contributed by atoms with Crippen LogP contribution in [0, 0.1) is 0 Å². The number of ether oxygens (including phenoxy) is 3. The lowest BCUT2D eigenvalue weighted by atomic mass is 10.1. The highest BCUT2D eigenvalue weighted by Crippen LogP contribution is 2.14. The molecule has 2 N–H and O–H groups in total. The predicted molar refractivity (Wildman–Crippen MR) is 85.7 cm³/mol. The number of methoxy groups -OCH3 is 1. The molecule has 0 heterocycles. The van der Waals surface area contributed by atoms with Crippen LogP contribution in [0.2, 0.25) is 0 Å². The molecule has 0 bridgehead atoms. The molecule has 1 unspecified atom stereocenters. The summed E-state index contributed by atoms with van der Waals surface area (Å²) in [6.07, 6.45) is 0.0839. The van der Waals surface area contributed by atoms with Gasteiger partial charge in [-0.3, -0.25) is 4.79 Å². The maximum Gasteiger partial charge on any atom is 0.344 e. The van der Waals surface area contributed by atoms with E-state index in [9.17, 15) is 14.4 Å². The summed E-state index contributed by atoms with van der Waals surface area (Å²) in [5, 5.41) is 11.2. The molecule has 0 saturated heterocycles. The van der Waals surface area contributed by atoms with Gasteiger partial charge in [0.05, 0.1) is 14.2 Å². The number of carbonyl (C=O) groups excluding carboxylic acids is 3. The smallest absolute Gasteiger partial charge is 0.344 e. The molecule has 0 radical (unpaired) electrons. The van der Waals surface area contributed by atoms with E-state index < -0.39 is 37.1 Å². The van der Waals surface area contributed by atoms with Gasteiger partial charge >= 0.3 is 11.9 Å². The SMILES string of the molecule is COOCOc1ccc(CC(NC(=O)CO)C(=O)OCC(=O)OC)cc1. The van der Waals surface area contributed by atoms with Crippen molar-refractivity contribution < 1.29 is 43.5 Å². The van der Waals surface area contributed by atoms with Gasteiger partial charge in [-0.05, 0) is 17.7 Å². The van der Waals surface area contributed by atoms with Gasteiger partial charge in [-0.15, -0.1) is 0 Å². The van der Waals surface area contributed by atoms with Crippen molar-refractivity contribution >= 4 is 17.8 Å². The van der Waals surface area contributed by atoms with Crippen LogP contribution in [0.1, 0.15) is 5.56 Å². The van der Waals surface area contributed by atoms with Crippen LogP contribution < -0.4 is 10.1 Å². The number of carbonyl (C=O) groups is 3. The van der Waals surface area contributed by atoms with Gasteiger partial charge in [0.15, 0.2) is 6.61 Å². The third kappa shape index (κ3) is 7.92. The molecule has 0 aliphatic rings. The van der Waals surface area contributed by atoms with Crippen molar-refractivity contribution in [1.82, 2.24) is 5.32 Å². The molecule has 0 aliphatic heterocycles. The first-order valence-corrected chi connectivity index (χ1v) is 7.51. The third-order valence-electron chi connectivity index (χ3n) is 3.08. The lowest BCUT2D eigenvalue weighted by Crippen LogP contribution is -2.45. The summed E-state index contributed by atoms with van der Waals surface area (Å²) in [5.41, 5.74) is 0.684. The molecule has 1 rings (SSSR count). The second-order valence-corrected chi connectivity index (χ2v) is 4.86. The molecule has 0 aromatic heterocycles. The maximum absolute atomic E-state index is 12.1. The number of aliphatic hydroxyl groups excluding tert-OH is 1. The number of aliphatic hydroxyl groups is 1. The lowest BCUT2D eigenvalue weighted by molar-refractivity contribution is -0.303. The van der Waals surface area contributed by atoms with Gasteiger partial charge < -0.3 is 24.6 Å². The normalized spacial score (nSPS) is 11.3. The molecule has 1 aromatic carbocycles. The van der Waals surface area contributed by atoms with Gasteiger partial charge in [-0.1, -0.05) is 12.1 Å². The summed E-state index contributed by atoms with van der Waals surface area (Å²) < 4.78 is 14.4. The minimum absolute atomic E-state index is 0.0839. The van der Waals surface area contributed by atoms with Crippen molar-refractivity contribution in [3.05, 3.63) is 29.8 Å². The van der Waals surface area contributed by atoms with Gasteiger partial charge in [0, 0.05) is 6.42 Å². The van der Waals surface area contributed by atoms with E-state index in [2.05, 4.69) is 19.8 Å². The molecule has 0 saturated carbocycles. The minimum Gasteiger partial charge on any atom is -0.466 e. The molecule has 10 heteroatoms. The number of esters is 2. The molecule has 10 nitrogen and oxygen atoms in total. The first kappa shape index (κ1) is 21.4. The summed E-state index contributed by atoms with van der Waals surface area (Å²) in [4.78, 5) is 43.5. The Kier molecular flexibility index (Phi) is 9.69. The van der Waals surface area contributed by atoms with Gasteiger partial charge in [0.25, 0.3) is 0 Å². The molecule has 144 valence electrons. The van der Waals surface area contributed by atoms with E-state index in [1.807, 2.05) is 0 Å². The quantitative estimate of drug-likeness (QED) is 0.171. The Morgan fingerprint density at radius 2 is 1.85 bits per heavy atom. The minimum atomic E-state index is -1.08. The third-order valence-corrected chi connectivity index (χ3v) is 3.08. The lowest BCUT2D eigenvalue weighted by Gasteiger charge is -2.17. The Morgan fingerprint density at radius 1 is 1.15 bits per heavy atom. The summed E-state index contributed by atoms with van der Waals surface area (Å²) >= 11 is 0. The monoisotopic (exact) mass is 371 g/mol. The standard InChI is InChI=1S/C16H21NO9/c1-22-15(20)9-24-16(21)13(17-14(19)8-18)7-11-3-5-12(6-4-11)25-10-26-23-2/h3-6,13,18H,7-10H2,1-2H3,(H,17,19). The zero-order valence-corrected chi connectivity index (χ0v) is 14.4. The highest BCUT2D eigenvalue weighted by molar-refractivity contribution is 5.86. The molecular weight excluding hydrogens is 350 g/mol. The summed E-state index contributed by atoms with van der Waals surface area (Å²) in [5.74, 6) is -1.80. The fourth-order valence-electron chi connectivity index (χ4n) is 1.82. The highest BCUT2D eigenvalue weighted by Gasteiger charge is 2.23. The fraction of sp³-hybridized carbons (Fsp3) is 0.438. The van der Waals surface area contributed by atoms with E-state index in [-0.39, 0.29) is 13.2 Å². The first-order valence-electron chi connectivity index (χ1n) is 7.51. The number of nitrogens with one attached hydrogen (secondary N) is 1. The van der Waals surface area contributed by atoms with Crippen molar-refractivity contribution in [1.29, 1.82) is 0 Å². The van der Waals surface area contributed by atoms with Crippen LogP contribution in [0.25, 0.3) is 0 Å². The summed E-state index contributed by atoms with van der Waals surface area (Å²) in [6.45, 7) is -1.45. The first-order chi connectivity index (χ1) is 12.5. The van der Waals surface area contributed by atoms with Crippen LogP contribution in [0.15, 0.2) is 24.3 Å². The maximum atomic E-state index is 12.1. The number of amides is 1. The van der Waals surface area contributed by atoms with Crippen molar-refractivity contribution in [2.45, 2.75) is 12.5 Å². The second-order valence-electron chi connectivity index (χ2n) is 4.86. The summed E-state index contributed by atoms with van der Waals surface area (Å²) in [6, 6.07) is 5.54.